The fraction of sp³-hybridized carbons (Fsp3) is 0.750. The van der Waals surface area contributed by atoms with Crippen molar-refractivity contribution in [1.29, 1.82) is 0 Å². The van der Waals surface area contributed by atoms with Crippen molar-refractivity contribution >= 4 is 0 Å². The quantitative estimate of drug-likeness (QED) is 0.547. The molecule has 16 heavy (non-hydrogen) atoms. The zero-order valence-corrected chi connectivity index (χ0v) is 11.6. The second-order valence-corrected chi connectivity index (χ2v) is 6.14. The van der Waals surface area contributed by atoms with Crippen molar-refractivity contribution in [3.8, 4) is 0 Å². The number of hydrogen-bond acceptors (Lipinski definition) is 0. The van der Waals surface area contributed by atoms with E-state index >= 15 is 0 Å². The van der Waals surface area contributed by atoms with E-state index in [1.807, 2.05) is 6.08 Å². The molecule has 0 aliphatic heterocycles. The molecule has 0 aromatic carbocycles. The summed E-state index contributed by atoms with van der Waals surface area (Å²) in [5.74, 6) is 1.87. The van der Waals surface area contributed by atoms with Crippen LogP contribution in [0.5, 0.6) is 0 Å². The zero-order valence-electron chi connectivity index (χ0n) is 11.6. The molecule has 1 fully saturated rings. The molecule has 0 saturated heterocycles. The van der Waals surface area contributed by atoms with Gasteiger partial charge in [-0.1, -0.05) is 71.3 Å². The van der Waals surface area contributed by atoms with E-state index in [4.69, 9.17) is 0 Å². The van der Waals surface area contributed by atoms with Gasteiger partial charge in [-0.25, -0.2) is 0 Å². The van der Waals surface area contributed by atoms with Gasteiger partial charge in [0.15, 0.2) is 0 Å². The Morgan fingerprint density at radius 1 is 1.38 bits per heavy atom. The van der Waals surface area contributed by atoms with Gasteiger partial charge in [-0.3, -0.25) is 0 Å². The first-order valence-electron chi connectivity index (χ1n) is 6.82. The van der Waals surface area contributed by atoms with Crippen LogP contribution in [0.1, 0.15) is 59.8 Å². The summed E-state index contributed by atoms with van der Waals surface area (Å²) in [4.78, 5) is 0. The minimum atomic E-state index is 0.336. The van der Waals surface area contributed by atoms with Gasteiger partial charge in [-0.2, -0.15) is 0 Å². The molecule has 0 radical (unpaired) electrons. The highest BCUT2D eigenvalue weighted by molar-refractivity contribution is 5.18. The Kier molecular flexibility index (Phi) is 4.83. The molecular formula is C16H28. The summed E-state index contributed by atoms with van der Waals surface area (Å²) in [6.07, 6.45) is 11.2. The molecule has 1 saturated carbocycles. The minimum absolute atomic E-state index is 0.336. The number of allylic oxidation sites excluding steroid dienone is 3. The summed E-state index contributed by atoms with van der Waals surface area (Å²) in [5.41, 5.74) is 1.73. The fourth-order valence-corrected chi connectivity index (χ4v) is 3.07. The van der Waals surface area contributed by atoms with E-state index < -0.39 is 0 Å². The third-order valence-corrected chi connectivity index (χ3v) is 4.07. The van der Waals surface area contributed by atoms with Crippen LogP contribution in [0.15, 0.2) is 24.3 Å². The van der Waals surface area contributed by atoms with E-state index in [2.05, 4.69) is 40.3 Å². The van der Waals surface area contributed by atoms with E-state index in [0.717, 1.165) is 18.3 Å². The molecule has 1 aliphatic carbocycles. The number of rotatable bonds is 5. The van der Waals surface area contributed by atoms with Gasteiger partial charge in [-0.05, 0) is 30.1 Å². The molecule has 0 N–H and O–H groups in total. The van der Waals surface area contributed by atoms with Gasteiger partial charge in [0.25, 0.3) is 0 Å². The van der Waals surface area contributed by atoms with Crippen molar-refractivity contribution in [1.82, 2.24) is 0 Å². The Morgan fingerprint density at radius 3 is 2.50 bits per heavy atom. The van der Waals surface area contributed by atoms with Crippen molar-refractivity contribution in [2.45, 2.75) is 59.8 Å². The van der Waals surface area contributed by atoms with E-state index in [1.54, 1.807) is 0 Å². The normalized spacial score (nSPS) is 27.1. The molecule has 0 amide bonds. The van der Waals surface area contributed by atoms with Gasteiger partial charge in [0.2, 0.25) is 0 Å². The molecule has 0 aromatic rings. The topological polar surface area (TPSA) is 0 Å². The first-order valence-corrected chi connectivity index (χ1v) is 6.82. The molecule has 0 nitrogen and oxygen atoms in total. The van der Waals surface area contributed by atoms with Crippen LogP contribution in [0, 0.1) is 17.3 Å². The second kappa shape index (κ2) is 5.70. The van der Waals surface area contributed by atoms with Gasteiger partial charge in [-0.15, -0.1) is 0 Å². The highest BCUT2D eigenvalue weighted by Crippen LogP contribution is 2.40. The summed E-state index contributed by atoms with van der Waals surface area (Å²) < 4.78 is 0. The SMILES string of the molecule is C=CC(=CC(C)(C)CC1CCCC1C)CC. The summed E-state index contributed by atoms with van der Waals surface area (Å²) >= 11 is 0. The highest BCUT2D eigenvalue weighted by atomic mass is 14.3. The van der Waals surface area contributed by atoms with Gasteiger partial charge in [0.05, 0.1) is 0 Å². The number of hydrogen-bond donors (Lipinski definition) is 0. The fourth-order valence-electron chi connectivity index (χ4n) is 3.07. The predicted octanol–water partition coefficient (Wildman–Crippen LogP) is 5.36. The lowest BCUT2D eigenvalue weighted by Crippen LogP contribution is -2.17. The van der Waals surface area contributed by atoms with Gasteiger partial charge in [0, 0.05) is 0 Å². The summed E-state index contributed by atoms with van der Waals surface area (Å²) in [6.45, 7) is 13.3. The summed E-state index contributed by atoms with van der Waals surface area (Å²) in [5, 5.41) is 0. The molecule has 0 aromatic heterocycles. The Labute approximate surface area is 102 Å². The van der Waals surface area contributed by atoms with Crippen LogP contribution < -0.4 is 0 Å². The van der Waals surface area contributed by atoms with Crippen molar-refractivity contribution in [3.63, 3.8) is 0 Å². The van der Waals surface area contributed by atoms with E-state index in [1.165, 1.54) is 31.3 Å². The van der Waals surface area contributed by atoms with Crippen molar-refractivity contribution < 1.29 is 0 Å². The van der Waals surface area contributed by atoms with Crippen LogP contribution in [0.2, 0.25) is 0 Å². The monoisotopic (exact) mass is 220 g/mol. The predicted molar refractivity (Wildman–Crippen MR) is 73.5 cm³/mol. The van der Waals surface area contributed by atoms with Crippen LogP contribution in [0.25, 0.3) is 0 Å². The summed E-state index contributed by atoms with van der Waals surface area (Å²) in [7, 11) is 0. The maximum absolute atomic E-state index is 3.89. The first kappa shape index (κ1) is 13.5. The summed E-state index contributed by atoms with van der Waals surface area (Å²) in [6, 6.07) is 0. The maximum Gasteiger partial charge on any atom is -0.0166 e. The molecule has 2 unspecified atom stereocenters. The van der Waals surface area contributed by atoms with Gasteiger partial charge >= 0.3 is 0 Å². The Hall–Kier alpha value is -0.520. The van der Waals surface area contributed by atoms with E-state index in [9.17, 15) is 0 Å². The van der Waals surface area contributed by atoms with Gasteiger partial charge in [0.1, 0.15) is 0 Å². The largest absolute Gasteiger partial charge is 0.0988 e. The molecule has 1 rings (SSSR count). The Bertz CT molecular complexity index is 257. The van der Waals surface area contributed by atoms with Crippen LogP contribution >= 0.6 is 0 Å². The van der Waals surface area contributed by atoms with E-state index in [0.29, 0.717) is 5.41 Å². The Balaban J connectivity index is 2.63. The molecule has 1 aliphatic rings. The molecule has 92 valence electrons. The van der Waals surface area contributed by atoms with Crippen molar-refractivity contribution in [2.24, 2.45) is 17.3 Å². The average molecular weight is 220 g/mol. The van der Waals surface area contributed by atoms with E-state index in [-0.39, 0.29) is 0 Å². The molecular weight excluding hydrogens is 192 g/mol. The van der Waals surface area contributed by atoms with Crippen LogP contribution in [0.3, 0.4) is 0 Å². The second-order valence-electron chi connectivity index (χ2n) is 6.14. The molecule has 0 heterocycles. The van der Waals surface area contributed by atoms with Crippen molar-refractivity contribution in [2.75, 3.05) is 0 Å². The third kappa shape index (κ3) is 3.81. The molecule has 2 atom stereocenters. The lowest BCUT2D eigenvalue weighted by atomic mass is 9.78. The minimum Gasteiger partial charge on any atom is -0.0988 e. The standard InChI is InChI=1S/C16H28/c1-6-14(7-2)11-16(4,5)12-15-10-8-9-13(15)3/h6,11,13,15H,1,7-10,12H2,2-5H3. The lowest BCUT2D eigenvalue weighted by Gasteiger charge is -2.27. The van der Waals surface area contributed by atoms with Gasteiger partial charge < -0.3 is 0 Å². The first-order chi connectivity index (χ1) is 7.48. The average Bonchev–Trinajstić information content (AvgIpc) is 2.60. The lowest BCUT2D eigenvalue weighted by molar-refractivity contribution is 0.286. The molecule has 0 heteroatoms. The van der Waals surface area contributed by atoms with Crippen LogP contribution in [0.4, 0.5) is 0 Å². The third-order valence-electron chi connectivity index (χ3n) is 4.07. The zero-order chi connectivity index (χ0) is 12.2. The molecule has 0 bridgehead atoms. The molecule has 0 spiro atoms. The van der Waals surface area contributed by atoms with Crippen LogP contribution in [-0.4, -0.2) is 0 Å². The van der Waals surface area contributed by atoms with Crippen LogP contribution in [-0.2, 0) is 0 Å². The highest BCUT2D eigenvalue weighted by Gasteiger charge is 2.28. The smallest absolute Gasteiger partial charge is 0.0166 e. The Morgan fingerprint density at radius 2 is 2.06 bits per heavy atom. The maximum atomic E-state index is 3.89. The van der Waals surface area contributed by atoms with Crippen molar-refractivity contribution in [3.05, 3.63) is 24.3 Å².